The van der Waals surface area contributed by atoms with Gasteiger partial charge in [0.1, 0.15) is 11.1 Å². The molecule has 0 aliphatic carbocycles. The summed E-state index contributed by atoms with van der Waals surface area (Å²) in [5.41, 5.74) is -0.667. The zero-order chi connectivity index (χ0) is 15.9. The molecule has 22 heavy (non-hydrogen) atoms. The fourth-order valence-corrected chi connectivity index (χ4v) is 2.23. The molecule has 1 aromatic carbocycles. The van der Waals surface area contributed by atoms with Crippen LogP contribution in [0.4, 0.5) is 4.39 Å². The summed E-state index contributed by atoms with van der Waals surface area (Å²) in [6.07, 6.45) is 9.26. The third kappa shape index (κ3) is 3.64. The normalized spacial score (nSPS) is 11.2. The van der Waals surface area contributed by atoms with E-state index in [1.807, 2.05) is 12.2 Å². The maximum atomic E-state index is 14.1. The average molecular weight is 302 g/mol. The Morgan fingerprint density at radius 1 is 1.27 bits per heavy atom. The van der Waals surface area contributed by atoms with Crippen LogP contribution in [0, 0.1) is 5.82 Å². The summed E-state index contributed by atoms with van der Waals surface area (Å²) in [4.78, 5) is 12.0. The summed E-state index contributed by atoms with van der Waals surface area (Å²) >= 11 is 0. The number of aryl methyl sites for hydroxylation is 1. The van der Waals surface area contributed by atoms with Crippen LogP contribution in [-0.2, 0) is 6.42 Å². The van der Waals surface area contributed by atoms with E-state index in [1.54, 1.807) is 12.1 Å². The van der Waals surface area contributed by atoms with Gasteiger partial charge < -0.3 is 9.15 Å². The van der Waals surface area contributed by atoms with Crippen molar-refractivity contribution in [3.8, 4) is 5.75 Å². The number of rotatable bonds is 7. The second kappa shape index (κ2) is 7.59. The minimum atomic E-state index is -0.676. The van der Waals surface area contributed by atoms with Crippen molar-refractivity contribution in [3.63, 3.8) is 0 Å². The van der Waals surface area contributed by atoms with Gasteiger partial charge >= 0.3 is 5.63 Å². The lowest BCUT2D eigenvalue weighted by molar-refractivity contribution is 0.387. The number of hydrogen-bond donors (Lipinski definition) is 0. The number of allylic oxidation sites excluding steroid dienone is 3. The van der Waals surface area contributed by atoms with Gasteiger partial charge in [-0.3, -0.25) is 0 Å². The Morgan fingerprint density at radius 3 is 2.77 bits per heavy atom. The van der Waals surface area contributed by atoms with Crippen molar-refractivity contribution < 1.29 is 13.5 Å². The largest absolute Gasteiger partial charge is 0.494 e. The van der Waals surface area contributed by atoms with Crippen molar-refractivity contribution in [1.29, 1.82) is 0 Å². The Kier molecular flexibility index (Phi) is 5.53. The molecule has 4 heteroatoms. The molecule has 116 valence electrons. The molecule has 2 aromatic rings. The SMILES string of the molecule is C=CCC/C=C/CCc1cc2ccc(OC)c(F)c2c(=O)o1. The van der Waals surface area contributed by atoms with E-state index in [-0.39, 0.29) is 11.1 Å². The molecule has 0 atom stereocenters. The molecule has 0 spiro atoms. The lowest BCUT2D eigenvalue weighted by Crippen LogP contribution is -2.05. The van der Waals surface area contributed by atoms with Gasteiger partial charge in [-0.2, -0.15) is 0 Å². The smallest absolute Gasteiger partial charge is 0.346 e. The molecular formula is C18H19FO3. The van der Waals surface area contributed by atoms with Crippen LogP contribution in [0.3, 0.4) is 0 Å². The second-order valence-electron chi connectivity index (χ2n) is 4.92. The van der Waals surface area contributed by atoms with Gasteiger partial charge in [0.25, 0.3) is 0 Å². The fourth-order valence-electron chi connectivity index (χ4n) is 2.23. The topological polar surface area (TPSA) is 39.4 Å². The molecule has 1 aromatic heterocycles. The number of halogens is 1. The van der Waals surface area contributed by atoms with Gasteiger partial charge in [-0.05, 0) is 36.8 Å². The van der Waals surface area contributed by atoms with Crippen LogP contribution < -0.4 is 10.4 Å². The predicted molar refractivity (Wildman–Crippen MR) is 85.9 cm³/mol. The highest BCUT2D eigenvalue weighted by molar-refractivity contribution is 5.83. The molecule has 3 nitrogen and oxygen atoms in total. The molecule has 0 aliphatic heterocycles. The van der Waals surface area contributed by atoms with Gasteiger partial charge in [-0.15, -0.1) is 6.58 Å². The average Bonchev–Trinajstić information content (AvgIpc) is 2.51. The summed E-state index contributed by atoms with van der Waals surface area (Å²) in [6.45, 7) is 3.66. The highest BCUT2D eigenvalue weighted by Gasteiger charge is 2.13. The first-order valence-electron chi connectivity index (χ1n) is 7.22. The highest BCUT2D eigenvalue weighted by atomic mass is 19.1. The first-order chi connectivity index (χ1) is 10.7. The van der Waals surface area contributed by atoms with Gasteiger partial charge in [0, 0.05) is 6.42 Å². The van der Waals surface area contributed by atoms with E-state index >= 15 is 0 Å². The van der Waals surface area contributed by atoms with Crippen LogP contribution in [0.25, 0.3) is 10.8 Å². The Bertz CT molecular complexity index is 744. The third-order valence-corrected chi connectivity index (χ3v) is 3.36. The Balaban J connectivity index is 2.18. The first kappa shape index (κ1) is 16.0. The maximum absolute atomic E-state index is 14.1. The van der Waals surface area contributed by atoms with Crippen LogP contribution in [0.2, 0.25) is 0 Å². The monoisotopic (exact) mass is 302 g/mol. The molecule has 0 N–H and O–H groups in total. The Hall–Kier alpha value is -2.36. The summed E-state index contributed by atoms with van der Waals surface area (Å²) in [5.74, 6) is -0.0854. The van der Waals surface area contributed by atoms with E-state index in [4.69, 9.17) is 9.15 Å². The zero-order valence-corrected chi connectivity index (χ0v) is 12.6. The Labute approximate surface area is 128 Å². The van der Waals surface area contributed by atoms with E-state index in [2.05, 4.69) is 12.7 Å². The van der Waals surface area contributed by atoms with Gasteiger partial charge in [0.15, 0.2) is 11.6 Å². The second-order valence-corrected chi connectivity index (χ2v) is 4.92. The molecular weight excluding hydrogens is 283 g/mol. The fraction of sp³-hybridized carbons (Fsp3) is 0.278. The van der Waals surface area contributed by atoms with Gasteiger partial charge in [0.05, 0.1) is 7.11 Å². The van der Waals surface area contributed by atoms with Crippen LogP contribution >= 0.6 is 0 Å². The van der Waals surface area contributed by atoms with Crippen molar-refractivity contribution in [2.75, 3.05) is 7.11 Å². The number of unbranched alkanes of at least 4 members (excludes halogenated alkanes) is 1. The molecule has 0 saturated heterocycles. The van der Waals surface area contributed by atoms with Crippen LogP contribution in [0.1, 0.15) is 25.0 Å². The summed E-state index contributed by atoms with van der Waals surface area (Å²) in [6, 6.07) is 4.88. The quantitative estimate of drug-likeness (QED) is 0.562. The lowest BCUT2D eigenvalue weighted by atomic mass is 10.1. The van der Waals surface area contributed by atoms with Crippen molar-refractivity contribution in [2.24, 2.45) is 0 Å². The van der Waals surface area contributed by atoms with Crippen molar-refractivity contribution in [1.82, 2.24) is 0 Å². The molecule has 0 bridgehead atoms. The van der Waals surface area contributed by atoms with E-state index in [1.165, 1.54) is 13.2 Å². The molecule has 2 rings (SSSR count). The number of methoxy groups -OCH3 is 1. The van der Waals surface area contributed by atoms with Gasteiger partial charge in [0.2, 0.25) is 0 Å². The highest BCUT2D eigenvalue weighted by Crippen LogP contribution is 2.24. The predicted octanol–water partition coefficient (Wildman–Crippen LogP) is 4.40. The minimum Gasteiger partial charge on any atom is -0.494 e. The lowest BCUT2D eigenvalue weighted by Gasteiger charge is -2.05. The molecule has 0 unspecified atom stereocenters. The molecule has 1 heterocycles. The summed E-state index contributed by atoms with van der Waals surface area (Å²) in [5, 5.41) is 0.463. The molecule has 0 radical (unpaired) electrons. The molecule has 0 saturated carbocycles. The van der Waals surface area contributed by atoms with E-state index < -0.39 is 11.4 Å². The van der Waals surface area contributed by atoms with Crippen LogP contribution in [0.5, 0.6) is 5.75 Å². The van der Waals surface area contributed by atoms with Crippen molar-refractivity contribution in [2.45, 2.75) is 25.7 Å². The Morgan fingerprint density at radius 2 is 2.05 bits per heavy atom. The standard InChI is InChI=1S/C18H19FO3/c1-3-4-5-6-7-8-9-14-12-13-10-11-15(21-2)17(19)16(13)18(20)22-14/h3,6-7,10-12H,1,4-5,8-9H2,2H3/b7-6+. The summed E-state index contributed by atoms with van der Waals surface area (Å²) < 4.78 is 24.2. The molecule has 0 fully saturated rings. The number of benzene rings is 1. The minimum absolute atomic E-state index is 0.0395. The zero-order valence-electron chi connectivity index (χ0n) is 12.6. The van der Waals surface area contributed by atoms with E-state index in [0.717, 1.165) is 19.3 Å². The maximum Gasteiger partial charge on any atom is 0.346 e. The molecule has 0 amide bonds. The van der Waals surface area contributed by atoms with Crippen molar-refractivity contribution in [3.05, 3.63) is 65.0 Å². The first-order valence-corrected chi connectivity index (χ1v) is 7.22. The summed E-state index contributed by atoms with van der Waals surface area (Å²) in [7, 11) is 1.36. The number of ether oxygens (including phenoxy) is 1. The molecule has 0 aliphatic rings. The van der Waals surface area contributed by atoms with E-state index in [0.29, 0.717) is 17.6 Å². The third-order valence-electron chi connectivity index (χ3n) is 3.36. The van der Waals surface area contributed by atoms with E-state index in [9.17, 15) is 9.18 Å². The van der Waals surface area contributed by atoms with Gasteiger partial charge in [-0.1, -0.05) is 24.3 Å². The number of fused-ring (bicyclic) bond motifs is 1. The van der Waals surface area contributed by atoms with Crippen molar-refractivity contribution >= 4 is 10.8 Å². The number of hydrogen-bond acceptors (Lipinski definition) is 3. The van der Waals surface area contributed by atoms with Gasteiger partial charge in [-0.25, -0.2) is 9.18 Å². The van der Waals surface area contributed by atoms with Crippen LogP contribution in [0.15, 0.2) is 52.2 Å². The van der Waals surface area contributed by atoms with Crippen LogP contribution in [-0.4, -0.2) is 7.11 Å².